The van der Waals surface area contributed by atoms with E-state index in [1.807, 2.05) is 44.2 Å². The number of amides is 2. The average Bonchev–Trinajstić information content (AvgIpc) is 2.90. The van der Waals surface area contributed by atoms with Gasteiger partial charge in [0.15, 0.2) is 0 Å². The van der Waals surface area contributed by atoms with E-state index in [1.54, 1.807) is 11.3 Å². The summed E-state index contributed by atoms with van der Waals surface area (Å²) >= 11 is 1.60. The van der Waals surface area contributed by atoms with Crippen molar-refractivity contribution in [2.24, 2.45) is 0 Å². The van der Waals surface area contributed by atoms with E-state index >= 15 is 0 Å². The van der Waals surface area contributed by atoms with Gasteiger partial charge in [0.2, 0.25) is 0 Å². The summed E-state index contributed by atoms with van der Waals surface area (Å²) in [5.74, 6) is 0. The molecule has 0 spiro atoms. The highest BCUT2D eigenvalue weighted by molar-refractivity contribution is 7.15. The lowest BCUT2D eigenvalue weighted by Crippen LogP contribution is -2.37. The number of aliphatic hydroxyl groups is 1. The average molecular weight is 319 g/mol. The molecule has 1 aromatic heterocycles. The molecule has 0 aliphatic carbocycles. The number of aryl methyl sites for hydroxylation is 1. The zero-order valence-electron chi connectivity index (χ0n) is 12.8. The van der Waals surface area contributed by atoms with Gasteiger partial charge in [-0.3, -0.25) is 0 Å². The normalized spacial score (nSPS) is 12.0. The quantitative estimate of drug-likeness (QED) is 0.717. The Kier molecular flexibility index (Phi) is 5.91. The Morgan fingerprint density at radius 3 is 2.77 bits per heavy atom. The number of aromatic nitrogens is 1. The summed E-state index contributed by atoms with van der Waals surface area (Å²) in [6.07, 6.45) is 0.555. The topological polar surface area (TPSA) is 74.2 Å². The summed E-state index contributed by atoms with van der Waals surface area (Å²) in [5.41, 5.74) is 2.02. The number of carbonyl (C=O) groups excluding carboxylic acids is 1. The lowest BCUT2D eigenvalue weighted by molar-refractivity contribution is 0.235. The first-order valence-electron chi connectivity index (χ1n) is 7.29. The van der Waals surface area contributed by atoms with Crippen LogP contribution in [0.2, 0.25) is 0 Å². The van der Waals surface area contributed by atoms with Crippen molar-refractivity contribution in [3.8, 4) is 10.6 Å². The highest BCUT2D eigenvalue weighted by Gasteiger charge is 2.16. The number of hydrogen-bond acceptors (Lipinski definition) is 4. The Morgan fingerprint density at radius 2 is 2.09 bits per heavy atom. The Morgan fingerprint density at radius 1 is 1.36 bits per heavy atom. The van der Waals surface area contributed by atoms with E-state index in [9.17, 15) is 4.79 Å². The summed E-state index contributed by atoms with van der Waals surface area (Å²) in [4.78, 5) is 17.4. The van der Waals surface area contributed by atoms with Gasteiger partial charge < -0.3 is 15.7 Å². The maximum atomic E-state index is 11.8. The van der Waals surface area contributed by atoms with E-state index in [0.29, 0.717) is 13.0 Å². The van der Waals surface area contributed by atoms with E-state index in [2.05, 4.69) is 15.6 Å². The van der Waals surface area contributed by atoms with E-state index in [1.165, 1.54) is 0 Å². The smallest absolute Gasteiger partial charge is 0.315 e. The molecule has 1 aromatic carbocycles. The van der Waals surface area contributed by atoms with Gasteiger partial charge >= 0.3 is 6.03 Å². The molecule has 0 saturated carbocycles. The van der Waals surface area contributed by atoms with Gasteiger partial charge in [-0.1, -0.05) is 30.3 Å². The Hall–Kier alpha value is -1.92. The molecule has 0 saturated heterocycles. The van der Waals surface area contributed by atoms with E-state index in [4.69, 9.17) is 5.11 Å². The zero-order valence-corrected chi connectivity index (χ0v) is 13.6. The molecular formula is C16H21N3O2S. The second kappa shape index (κ2) is 7.91. The summed E-state index contributed by atoms with van der Waals surface area (Å²) in [7, 11) is 0. The van der Waals surface area contributed by atoms with Gasteiger partial charge in [-0.2, -0.15) is 0 Å². The van der Waals surface area contributed by atoms with Gasteiger partial charge in [0, 0.05) is 18.7 Å². The monoisotopic (exact) mass is 319 g/mol. The Labute approximate surface area is 134 Å². The molecule has 0 aliphatic rings. The van der Waals surface area contributed by atoms with Gasteiger partial charge in [0.1, 0.15) is 5.01 Å². The number of rotatable bonds is 6. The lowest BCUT2D eigenvalue weighted by Gasteiger charge is -2.13. The zero-order chi connectivity index (χ0) is 15.9. The van der Waals surface area contributed by atoms with Gasteiger partial charge in [0.05, 0.1) is 16.6 Å². The van der Waals surface area contributed by atoms with E-state index in [-0.39, 0.29) is 18.7 Å². The highest BCUT2D eigenvalue weighted by atomic mass is 32.1. The number of aliphatic hydroxyl groups excluding tert-OH is 1. The number of thiazole rings is 1. The molecule has 2 rings (SSSR count). The van der Waals surface area contributed by atoms with Crippen LogP contribution in [0.15, 0.2) is 30.3 Å². The van der Waals surface area contributed by atoms with Crippen LogP contribution in [0.25, 0.3) is 10.6 Å². The number of carbonyl (C=O) groups is 1. The summed E-state index contributed by atoms with van der Waals surface area (Å²) in [6, 6.07) is 9.68. The standard InChI is InChI=1S/C16H21N3O2S/c1-11-14(12(2)19-16(21)17-9-6-10-20)22-15(18-11)13-7-4-3-5-8-13/h3-5,7-8,12,20H,6,9-10H2,1-2H3,(H2,17,19,21). The molecular weight excluding hydrogens is 298 g/mol. The fraction of sp³-hybridized carbons (Fsp3) is 0.375. The molecule has 0 aliphatic heterocycles. The minimum absolute atomic E-state index is 0.0736. The molecule has 1 unspecified atom stereocenters. The minimum atomic E-state index is -0.227. The van der Waals surface area contributed by atoms with Crippen LogP contribution in [0.1, 0.15) is 30.0 Å². The van der Waals surface area contributed by atoms with Crippen LogP contribution in [0.4, 0.5) is 4.79 Å². The van der Waals surface area contributed by atoms with E-state index in [0.717, 1.165) is 21.1 Å². The van der Waals surface area contributed by atoms with Crippen molar-refractivity contribution in [3.05, 3.63) is 40.9 Å². The van der Waals surface area contributed by atoms with Gasteiger partial charge in [-0.15, -0.1) is 11.3 Å². The lowest BCUT2D eigenvalue weighted by atomic mass is 10.2. The second-order valence-corrected chi connectivity index (χ2v) is 6.06. The number of urea groups is 1. The Bertz CT molecular complexity index is 613. The molecule has 5 nitrogen and oxygen atoms in total. The summed E-state index contributed by atoms with van der Waals surface area (Å²) in [6.45, 7) is 4.44. The molecule has 22 heavy (non-hydrogen) atoms. The number of benzene rings is 1. The molecule has 118 valence electrons. The van der Waals surface area contributed by atoms with Crippen molar-refractivity contribution >= 4 is 17.4 Å². The second-order valence-electron chi connectivity index (χ2n) is 5.03. The maximum Gasteiger partial charge on any atom is 0.315 e. The molecule has 1 heterocycles. The Balaban J connectivity index is 2.03. The van der Waals surface area contributed by atoms with Crippen LogP contribution in [-0.2, 0) is 0 Å². The molecule has 1 atom stereocenters. The largest absolute Gasteiger partial charge is 0.396 e. The SMILES string of the molecule is Cc1nc(-c2ccccc2)sc1C(C)NC(=O)NCCCO. The van der Waals surface area contributed by atoms with Crippen molar-refractivity contribution in [2.45, 2.75) is 26.3 Å². The first kappa shape index (κ1) is 16.5. The summed E-state index contributed by atoms with van der Waals surface area (Å²) in [5, 5.41) is 15.3. The maximum absolute atomic E-state index is 11.8. The number of nitrogens with zero attached hydrogens (tertiary/aromatic N) is 1. The van der Waals surface area contributed by atoms with Gasteiger partial charge in [-0.05, 0) is 20.3 Å². The third-order valence-corrected chi connectivity index (χ3v) is 4.60. The van der Waals surface area contributed by atoms with Crippen molar-refractivity contribution < 1.29 is 9.90 Å². The van der Waals surface area contributed by atoms with Crippen LogP contribution in [0.5, 0.6) is 0 Å². The van der Waals surface area contributed by atoms with Crippen molar-refractivity contribution in [1.82, 2.24) is 15.6 Å². The van der Waals surface area contributed by atoms with Crippen molar-refractivity contribution in [1.29, 1.82) is 0 Å². The fourth-order valence-corrected chi connectivity index (χ4v) is 3.18. The first-order chi connectivity index (χ1) is 10.6. The first-order valence-corrected chi connectivity index (χ1v) is 8.11. The molecule has 0 radical (unpaired) electrons. The van der Waals surface area contributed by atoms with Crippen LogP contribution in [0, 0.1) is 6.92 Å². The molecule has 3 N–H and O–H groups in total. The minimum Gasteiger partial charge on any atom is -0.396 e. The van der Waals surface area contributed by atoms with Gasteiger partial charge in [0.25, 0.3) is 0 Å². The third-order valence-electron chi connectivity index (χ3n) is 3.21. The van der Waals surface area contributed by atoms with E-state index < -0.39 is 0 Å². The summed E-state index contributed by atoms with van der Waals surface area (Å²) < 4.78 is 0. The molecule has 2 amide bonds. The molecule has 0 bridgehead atoms. The van der Waals surface area contributed by atoms with Crippen LogP contribution in [-0.4, -0.2) is 29.3 Å². The fourth-order valence-electron chi connectivity index (χ4n) is 2.11. The van der Waals surface area contributed by atoms with Crippen LogP contribution < -0.4 is 10.6 Å². The molecule has 0 fully saturated rings. The molecule has 6 heteroatoms. The van der Waals surface area contributed by atoms with Gasteiger partial charge in [-0.25, -0.2) is 9.78 Å². The van der Waals surface area contributed by atoms with Crippen LogP contribution in [0.3, 0.4) is 0 Å². The predicted molar refractivity (Wildman–Crippen MR) is 88.9 cm³/mol. The van der Waals surface area contributed by atoms with Crippen molar-refractivity contribution in [3.63, 3.8) is 0 Å². The predicted octanol–water partition coefficient (Wildman–Crippen LogP) is 2.86. The molecule has 2 aromatic rings. The number of nitrogens with one attached hydrogen (secondary N) is 2. The highest BCUT2D eigenvalue weighted by Crippen LogP contribution is 2.31. The third kappa shape index (κ3) is 4.29. The number of hydrogen-bond donors (Lipinski definition) is 3. The van der Waals surface area contributed by atoms with Crippen LogP contribution >= 0.6 is 11.3 Å². The van der Waals surface area contributed by atoms with Crippen molar-refractivity contribution in [2.75, 3.05) is 13.2 Å².